The molecule has 0 saturated heterocycles. The molecule has 0 atom stereocenters. The predicted octanol–water partition coefficient (Wildman–Crippen LogP) is 13.6. The zero-order chi connectivity index (χ0) is 38.7. The van der Waals surface area contributed by atoms with Crippen LogP contribution < -0.4 is 5.32 Å². The van der Waals surface area contributed by atoms with Gasteiger partial charge >= 0.3 is 0 Å². The number of aromatic amines is 2. The molecule has 9 rings (SSSR count). The standard InChI is InChI=1S/C51H45N5/c1-29-13-15-37(16-14-29)52-51-44-23-21-42(55-44)49(46-32(4)25-30(2)26-33(46)5)40-19-17-38(53-40)48(36-11-9-8-10-12-36)39-18-20-41(54-39)50(43-22-24-45(51)56-43)47-34(6)27-31(3)28-35(47)7/h8-28,52-53,56H,1-7H3. The van der Waals surface area contributed by atoms with Gasteiger partial charge in [0.2, 0.25) is 0 Å². The molecular weight excluding hydrogens is 683 g/mol. The first-order chi connectivity index (χ1) is 27.1. The second kappa shape index (κ2) is 13.8. The predicted molar refractivity (Wildman–Crippen MR) is 238 cm³/mol. The molecule has 7 aromatic rings. The van der Waals surface area contributed by atoms with Crippen LogP contribution in [0.2, 0.25) is 0 Å². The number of rotatable bonds is 5. The Hall–Kier alpha value is -6.72. The molecule has 8 bridgehead atoms. The van der Waals surface area contributed by atoms with Gasteiger partial charge in [0.25, 0.3) is 0 Å². The van der Waals surface area contributed by atoms with Gasteiger partial charge in [0.05, 0.1) is 34.0 Å². The molecule has 274 valence electrons. The number of hydrogen-bond donors (Lipinski definition) is 3. The van der Waals surface area contributed by atoms with Gasteiger partial charge in [0.15, 0.2) is 0 Å². The summed E-state index contributed by atoms with van der Waals surface area (Å²) in [5.41, 5.74) is 24.6. The van der Waals surface area contributed by atoms with E-state index in [0.29, 0.717) is 0 Å². The number of nitrogens with zero attached hydrogens (tertiary/aromatic N) is 2. The van der Waals surface area contributed by atoms with Crippen LogP contribution in [0.15, 0.2) is 103 Å². The summed E-state index contributed by atoms with van der Waals surface area (Å²) in [6, 6.07) is 36.9. The summed E-state index contributed by atoms with van der Waals surface area (Å²) in [5, 5.41) is 3.77. The Bertz CT molecular complexity index is 2840. The Balaban J connectivity index is 1.47. The first-order valence-electron chi connectivity index (χ1n) is 19.3. The van der Waals surface area contributed by atoms with Gasteiger partial charge in [-0.3, -0.25) is 0 Å². The molecular formula is C51H45N5. The lowest BCUT2D eigenvalue weighted by Gasteiger charge is -2.13. The number of aryl methyl sites for hydroxylation is 7. The maximum absolute atomic E-state index is 5.49. The smallest absolute Gasteiger partial charge is 0.0894 e. The van der Waals surface area contributed by atoms with E-state index in [-0.39, 0.29) is 0 Å². The van der Waals surface area contributed by atoms with Crippen LogP contribution in [0.1, 0.15) is 61.7 Å². The molecule has 0 aliphatic carbocycles. The highest BCUT2D eigenvalue weighted by Crippen LogP contribution is 2.41. The largest absolute Gasteiger partial charge is 0.354 e. The van der Waals surface area contributed by atoms with Crippen molar-refractivity contribution in [2.24, 2.45) is 0 Å². The average molecular weight is 728 g/mol. The average Bonchev–Trinajstić information content (AvgIpc) is 4.00. The van der Waals surface area contributed by atoms with Crippen molar-refractivity contribution in [3.63, 3.8) is 0 Å². The molecule has 0 unspecified atom stereocenters. The number of hydrogen-bond acceptors (Lipinski definition) is 3. The van der Waals surface area contributed by atoms with E-state index in [9.17, 15) is 0 Å². The Kier molecular flexibility index (Phi) is 8.66. The molecule has 0 radical (unpaired) electrons. The SMILES string of the molecule is Cc1ccc(Nc2c3nc(c(-c4c(C)cc(C)cc4C)c4ccc([nH]4)c(-c4ccccc4)c4nc(c(-c5c(C)cc(C)cc5C)c5ccc2[nH]5)C=C4)C=C3)cc1. The zero-order valence-corrected chi connectivity index (χ0v) is 33.0. The van der Waals surface area contributed by atoms with E-state index in [1.807, 2.05) is 0 Å². The Morgan fingerprint density at radius 3 is 1.36 bits per heavy atom. The third kappa shape index (κ3) is 6.25. The van der Waals surface area contributed by atoms with E-state index in [1.54, 1.807) is 0 Å². The van der Waals surface area contributed by atoms with Crippen LogP contribution in [0.3, 0.4) is 0 Å². The van der Waals surface area contributed by atoms with Crippen LogP contribution >= 0.6 is 0 Å². The summed E-state index contributed by atoms with van der Waals surface area (Å²) < 4.78 is 0. The number of fused-ring (bicyclic) bond motifs is 8. The number of anilines is 2. The van der Waals surface area contributed by atoms with Crippen LogP contribution in [0, 0.1) is 48.5 Å². The molecule has 2 aliphatic rings. The monoisotopic (exact) mass is 727 g/mol. The fraction of sp³-hybridized carbons (Fsp3) is 0.137. The quantitative estimate of drug-likeness (QED) is 0.165. The van der Waals surface area contributed by atoms with Gasteiger partial charge in [-0.25, -0.2) is 9.97 Å². The minimum atomic E-state index is 0.849. The minimum absolute atomic E-state index is 0.849. The molecule has 4 aromatic carbocycles. The summed E-state index contributed by atoms with van der Waals surface area (Å²) in [6.45, 7) is 15.2. The van der Waals surface area contributed by atoms with Crippen molar-refractivity contribution in [3.05, 3.63) is 165 Å². The van der Waals surface area contributed by atoms with Crippen molar-refractivity contribution in [1.82, 2.24) is 19.9 Å². The van der Waals surface area contributed by atoms with Gasteiger partial charge in [-0.1, -0.05) is 83.4 Å². The lowest BCUT2D eigenvalue weighted by atomic mass is 9.92. The van der Waals surface area contributed by atoms with Gasteiger partial charge in [-0.05, 0) is 148 Å². The van der Waals surface area contributed by atoms with Crippen LogP contribution in [-0.2, 0) is 0 Å². The van der Waals surface area contributed by atoms with Gasteiger partial charge in [-0.2, -0.15) is 0 Å². The molecule has 5 heterocycles. The van der Waals surface area contributed by atoms with Gasteiger partial charge < -0.3 is 15.3 Å². The van der Waals surface area contributed by atoms with Crippen molar-refractivity contribution in [2.75, 3.05) is 5.32 Å². The van der Waals surface area contributed by atoms with Crippen molar-refractivity contribution in [1.29, 1.82) is 0 Å². The Morgan fingerprint density at radius 2 is 0.821 bits per heavy atom. The van der Waals surface area contributed by atoms with Gasteiger partial charge in [-0.15, -0.1) is 0 Å². The highest BCUT2D eigenvalue weighted by atomic mass is 14.9. The number of H-pyrrole nitrogens is 2. The van der Waals surface area contributed by atoms with Gasteiger partial charge in [0, 0.05) is 38.9 Å². The molecule has 5 nitrogen and oxygen atoms in total. The number of nitrogens with one attached hydrogen (secondary N) is 3. The van der Waals surface area contributed by atoms with E-state index in [1.165, 1.54) is 50.1 Å². The topological polar surface area (TPSA) is 69.4 Å². The van der Waals surface area contributed by atoms with E-state index < -0.39 is 0 Å². The summed E-state index contributed by atoms with van der Waals surface area (Å²) in [6.07, 6.45) is 8.63. The molecule has 3 aromatic heterocycles. The van der Waals surface area contributed by atoms with E-state index in [4.69, 9.17) is 9.97 Å². The molecule has 5 heteroatoms. The molecule has 0 spiro atoms. The molecule has 0 saturated carbocycles. The Labute approximate surface area is 328 Å². The third-order valence-corrected chi connectivity index (χ3v) is 11.0. The third-order valence-electron chi connectivity index (χ3n) is 11.0. The minimum Gasteiger partial charge on any atom is -0.354 e. The summed E-state index contributed by atoms with van der Waals surface area (Å²) >= 11 is 0. The summed E-state index contributed by atoms with van der Waals surface area (Å²) in [7, 11) is 0. The van der Waals surface area contributed by atoms with Crippen molar-refractivity contribution in [2.45, 2.75) is 48.5 Å². The zero-order valence-electron chi connectivity index (χ0n) is 33.0. The van der Waals surface area contributed by atoms with Crippen LogP contribution in [-0.4, -0.2) is 19.9 Å². The maximum Gasteiger partial charge on any atom is 0.0894 e. The van der Waals surface area contributed by atoms with E-state index in [0.717, 1.165) is 78.5 Å². The van der Waals surface area contributed by atoms with Crippen molar-refractivity contribution < 1.29 is 0 Å². The van der Waals surface area contributed by atoms with E-state index in [2.05, 4.69) is 191 Å². The lowest BCUT2D eigenvalue weighted by Crippen LogP contribution is -1.96. The lowest BCUT2D eigenvalue weighted by molar-refractivity contribution is 1.28. The maximum atomic E-state index is 5.49. The van der Waals surface area contributed by atoms with Crippen LogP contribution in [0.25, 0.3) is 79.8 Å². The summed E-state index contributed by atoms with van der Waals surface area (Å²) in [4.78, 5) is 18.7. The van der Waals surface area contributed by atoms with Crippen molar-refractivity contribution >= 4 is 57.7 Å². The Morgan fingerprint density at radius 1 is 0.393 bits per heavy atom. The van der Waals surface area contributed by atoms with Crippen LogP contribution in [0.5, 0.6) is 0 Å². The van der Waals surface area contributed by atoms with E-state index >= 15 is 0 Å². The van der Waals surface area contributed by atoms with Crippen molar-refractivity contribution in [3.8, 4) is 33.4 Å². The first-order valence-corrected chi connectivity index (χ1v) is 19.3. The second-order valence-electron chi connectivity index (χ2n) is 15.4. The number of benzene rings is 4. The molecule has 56 heavy (non-hydrogen) atoms. The second-order valence-corrected chi connectivity index (χ2v) is 15.4. The fourth-order valence-corrected chi connectivity index (χ4v) is 8.70. The highest BCUT2D eigenvalue weighted by Gasteiger charge is 2.21. The molecule has 0 fully saturated rings. The van der Waals surface area contributed by atoms with Crippen LogP contribution in [0.4, 0.5) is 11.4 Å². The summed E-state index contributed by atoms with van der Waals surface area (Å²) in [5.74, 6) is 0. The highest BCUT2D eigenvalue weighted by molar-refractivity contribution is 6.00. The molecule has 0 amide bonds. The fourth-order valence-electron chi connectivity index (χ4n) is 8.70. The molecule has 3 N–H and O–H groups in total. The number of aromatic nitrogens is 4. The van der Waals surface area contributed by atoms with Gasteiger partial charge in [0.1, 0.15) is 0 Å². The molecule has 2 aliphatic heterocycles. The first kappa shape index (κ1) is 35.0. The normalized spacial score (nSPS) is 12.1.